The van der Waals surface area contributed by atoms with Crippen molar-refractivity contribution in [3.63, 3.8) is 0 Å². The third-order valence-electron chi connectivity index (χ3n) is 4.65. The highest BCUT2D eigenvalue weighted by Crippen LogP contribution is 2.26. The minimum atomic E-state index is 0.335. The predicted molar refractivity (Wildman–Crippen MR) is 113 cm³/mol. The molecule has 3 nitrogen and oxygen atoms in total. The van der Waals surface area contributed by atoms with Gasteiger partial charge < -0.3 is 14.5 Å². The molecule has 0 spiro atoms. The summed E-state index contributed by atoms with van der Waals surface area (Å²) in [6, 6.07) is 13.3. The van der Waals surface area contributed by atoms with Gasteiger partial charge in [-0.25, -0.2) is 0 Å². The second kappa shape index (κ2) is 9.05. The molecule has 1 aliphatic rings. The monoisotopic (exact) mass is 408 g/mol. The van der Waals surface area contributed by atoms with Crippen molar-refractivity contribution in [3.05, 3.63) is 63.6 Å². The van der Waals surface area contributed by atoms with Gasteiger partial charge in [-0.2, -0.15) is 0 Å². The average molecular weight is 409 g/mol. The Kier molecular flexibility index (Phi) is 6.76. The van der Waals surface area contributed by atoms with Gasteiger partial charge in [-0.3, -0.25) is 0 Å². The minimum absolute atomic E-state index is 0.335. The highest BCUT2D eigenvalue weighted by molar-refractivity contribution is 7.80. The van der Waals surface area contributed by atoms with Crippen LogP contribution in [-0.4, -0.2) is 47.5 Å². The molecule has 0 radical (unpaired) electrons. The van der Waals surface area contributed by atoms with E-state index in [0.717, 1.165) is 54.6 Å². The molecule has 0 saturated carbocycles. The summed E-state index contributed by atoms with van der Waals surface area (Å²) < 4.78 is 5.83. The van der Waals surface area contributed by atoms with Gasteiger partial charge in [0.2, 0.25) is 0 Å². The smallest absolute Gasteiger partial charge is 0.119 e. The van der Waals surface area contributed by atoms with Gasteiger partial charge in [0, 0.05) is 47.4 Å². The fourth-order valence-corrected chi connectivity index (χ4v) is 3.79. The lowest BCUT2D eigenvalue weighted by molar-refractivity contribution is 0.192. The number of ether oxygens (including phenoxy) is 1. The van der Waals surface area contributed by atoms with Crippen molar-refractivity contribution in [2.45, 2.75) is 13.5 Å². The summed E-state index contributed by atoms with van der Waals surface area (Å²) >= 11 is 18.0. The summed E-state index contributed by atoms with van der Waals surface area (Å²) in [7, 11) is 0. The summed E-state index contributed by atoms with van der Waals surface area (Å²) in [5.41, 5.74) is 1.84. The van der Waals surface area contributed by atoms with Crippen molar-refractivity contribution in [1.82, 2.24) is 9.80 Å². The maximum Gasteiger partial charge on any atom is 0.119 e. The first-order chi connectivity index (χ1) is 12.6. The van der Waals surface area contributed by atoms with E-state index in [1.807, 2.05) is 42.5 Å². The fraction of sp³-hybridized carbons (Fsp3) is 0.350. The van der Waals surface area contributed by atoms with E-state index in [4.69, 9.17) is 40.2 Å². The Morgan fingerprint density at radius 3 is 2.19 bits per heavy atom. The fourth-order valence-electron chi connectivity index (χ4n) is 2.97. The van der Waals surface area contributed by atoms with Crippen molar-refractivity contribution < 1.29 is 4.74 Å². The van der Waals surface area contributed by atoms with Crippen molar-refractivity contribution in [2.24, 2.45) is 0 Å². The van der Waals surface area contributed by atoms with Crippen LogP contribution in [0.2, 0.25) is 10.0 Å². The van der Waals surface area contributed by atoms with Crippen molar-refractivity contribution in [3.8, 4) is 5.75 Å². The number of halogens is 2. The molecule has 0 aliphatic carbocycles. The summed E-state index contributed by atoms with van der Waals surface area (Å²) in [6.07, 6.45) is 0. The van der Waals surface area contributed by atoms with Gasteiger partial charge in [0.25, 0.3) is 0 Å². The maximum atomic E-state index is 6.18. The van der Waals surface area contributed by atoms with E-state index >= 15 is 0 Å². The quantitative estimate of drug-likeness (QED) is 0.654. The van der Waals surface area contributed by atoms with Gasteiger partial charge in [0.15, 0.2) is 0 Å². The molecule has 0 atom stereocenters. The lowest BCUT2D eigenvalue weighted by Crippen LogP contribution is -2.48. The molecule has 138 valence electrons. The van der Waals surface area contributed by atoms with E-state index in [1.54, 1.807) is 0 Å². The molecule has 0 bridgehead atoms. The molecule has 3 rings (SSSR count). The topological polar surface area (TPSA) is 15.7 Å². The molecule has 2 aromatic carbocycles. The van der Waals surface area contributed by atoms with E-state index < -0.39 is 0 Å². The number of nitrogens with zero attached hydrogens (tertiary/aromatic N) is 2. The lowest BCUT2D eigenvalue weighted by atomic mass is 10.2. The normalized spacial score (nSPS) is 15.1. The molecule has 1 fully saturated rings. The molecule has 0 aromatic heterocycles. The summed E-state index contributed by atoms with van der Waals surface area (Å²) in [6.45, 7) is 7.73. The Balaban J connectivity index is 1.59. The Hall–Kier alpha value is -1.33. The van der Waals surface area contributed by atoms with Crippen LogP contribution in [0.1, 0.15) is 18.1 Å². The van der Waals surface area contributed by atoms with Crippen LogP contribution in [0.4, 0.5) is 0 Å². The molecule has 0 N–H and O–H groups in total. The molecule has 26 heavy (non-hydrogen) atoms. The number of piperazine rings is 1. The van der Waals surface area contributed by atoms with Crippen molar-refractivity contribution >= 4 is 40.4 Å². The first-order valence-corrected chi connectivity index (χ1v) is 9.92. The third-order valence-corrected chi connectivity index (χ3v) is 5.85. The molecule has 0 amide bonds. The summed E-state index contributed by atoms with van der Waals surface area (Å²) in [4.78, 5) is 5.62. The van der Waals surface area contributed by atoms with E-state index in [0.29, 0.717) is 16.7 Å². The Morgan fingerprint density at radius 2 is 1.62 bits per heavy atom. The van der Waals surface area contributed by atoms with Crippen LogP contribution >= 0.6 is 35.4 Å². The first-order valence-electron chi connectivity index (χ1n) is 8.76. The SMILES string of the molecule is CCN1CCN(C(=S)c2ccc(OCc3c(Cl)cccc3Cl)cc2)CC1. The molecule has 6 heteroatoms. The molecule has 2 aromatic rings. The van der Waals surface area contributed by atoms with Crippen LogP contribution in [0.15, 0.2) is 42.5 Å². The van der Waals surface area contributed by atoms with Crippen molar-refractivity contribution in [2.75, 3.05) is 32.7 Å². The summed E-state index contributed by atoms with van der Waals surface area (Å²) in [5.74, 6) is 0.767. The number of rotatable bonds is 5. The van der Waals surface area contributed by atoms with Crippen LogP contribution in [0, 0.1) is 0 Å². The Labute approximate surface area is 170 Å². The number of thiocarbonyl (C=S) groups is 1. The molecule has 0 unspecified atom stereocenters. The number of likely N-dealkylation sites (N-methyl/N-ethyl adjacent to an activating group) is 1. The highest BCUT2D eigenvalue weighted by atomic mass is 35.5. The van der Waals surface area contributed by atoms with E-state index in [9.17, 15) is 0 Å². The second-order valence-corrected chi connectivity index (χ2v) is 7.44. The molecule has 1 heterocycles. The largest absolute Gasteiger partial charge is 0.489 e. The maximum absolute atomic E-state index is 6.18. The van der Waals surface area contributed by atoms with Gasteiger partial charge in [-0.15, -0.1) is 0 Å². The zero-order chi connectivity index (χ0) is 18.5. The zero-order valence-corrected chi connectivity index (χ0v) is 17.1. The van der Waals surface area contributed by atoms with Crippen molar-refractivity contribution in [1.29, 1.82) is 0 Å². The Morgan fingerprint density at radius 1 is 1.00 bits per heavy atom. The zero-order valence-electron chi connectivity index (χ0n) is 14.8. The highest BCUT2D eigenvalue weighted by Gasteiger charge is 2.18. The first kappa shape index (κ1) is 19.4. The van der Waals surface area contributed by atoms with Gasteiger partial charge in [0.1, 0.15) is 17.3 Å². The van der Waals surface area contributed by atoms with Crippen LogP contribution in [0.3, 0.4) is 0 Å². The molecular weight excluding hydrogens is 387 g/mol. The Bertz CT molecular complexity index is 739. The molecule has 1 aliphatic heterocycles. The van der Waals surface area contributed by atoms with Gasteiger partial charge in [-0.1, -0.05) is 48.4 Å². The number of hydrogen-bond donors (Lipinski definition) is 0. The number of benzene rings is 2. The van der Waals surface area contributed by atoms with E-state index in [2.05, 4.69) is 16.7 Å². The van der Waals surface area contributed by atoms with Gasteiger partial charge in [-0.05, 0) is 42.9 Å². The molecular formula is C20H22Cl2N2OS. The lowest BCUT2D eigenvalue weighted by Gasteiger charge is -2.35. The third kappa shape index (κ3) is 4.68. The molecule has 1 saturated heterocycles. The second-order valence-electron chi connectivity index (χ2n) is 6.24. The van der Waals surface area contributed by atoms with Crippen LogP contribution < -0.4 is 4.74 Å². The van der Waals surface area contributed by atoms with Gasteiger partial charge >= 0.3 is 0 Å². The van der Waals surface area contributed by atoms with Gasteiger partial charge in [0.05, 0.1) is 0 Å². The van der Waals surface area contributed by atoms with Crippen LogP contribution in [0.5, 0.6) is 5.75 Å². The number of hydrogen-bond acceptors (Lipinski definition) is 3. The standard InChI is InChI=1S/C20H22Cl2N2OS/c1-2-23-10-12-24(13-11-23)20(26)15-6-8-16(9-7-15)25-14-17-18(21)4-3-5-19(17)22/h3-9H,2,10-14H2,1H3. The summed E-state index contributed by atoms with van der Waals surface area (Å²) in [5, 5.41) is 1.23. The average Bonchev–Trinajstić information content (AvgIpc) is 2.67. The predicted octanol–water partition coefficient (Wildman–Crippen LogP) is 4.89. The van der Waals surface area contributed by atoms with E-state index in [-0.39, 0.29) is 0 Å². The van der Waals surface area contributed by atoms with Crippen LogP contribution in [-0.2, 0) is 6.61 Å². The van der Waals surface area contributed by atoms with E-state index in [1.165, 1.54) is 0 Å². The minimum Gasteiger partial charge on any atom is -0.489 e. The van der Waals surface area contributed by atoms with Crippen LogP contribution in [0.25, 0.3) is 0 Å².